The lowest BCUT2D eigenvalue weighted by Crippen LogP contribution is -2.46. The molecule has 1 saturated heterocycles. The molecule has 0 aromatic heterocycles. The summed E-state index contributed by atoms with van der Waals surface area (Å²) < 4.78 is 5.33. The largest absolute Gasteiger partial charge is 0.445 e. The summed E-state index contributed by atoms with van der Waals surface area (Å²) in [6.07, 6.45) is 0.910. The van der Waals surface area contributed by atoms with Crippen molar-refractivity contribution >= 4 is 17.7 Å². The van der Waals surface area contributed by atoms with Gasteiger partial charge in [0.25, 0.3) is 0 Å². The number of halogens is 1. The molecule has 0 bridgehead atoms. The normalized spacial score (nSPS) is 16.7. The molecule has 0 unspecified atom stereocenters. The fourth-order valence-corrected chi connectivity index (χ4v) is 3.40. The summed E-state index contributed by atoms with van der Waals surface area (Å²) in [5, 5.41) is 14.3. The molecule has 5 nitrogen and oxygen atoms in total. The average molecular weight is 389 g/mol. The lowest BCUT2D eigenvalue weighted by atomic mass is 10.0. The number of rotatable bonds is 7. The van der Waals surface area contributed by atoms with Crippen LogP contribution in [0.25, 0.3) is 0 Å². The van der Waals surface area contributed by atoms with E-state index in [1.165, 1.54) is 0 Å². The van der Waals surface area contributed by atoms with Gasteiger partial charge < -0.3 is 20.1 Å². The molecule has 27 heavy (non-hydrogen) atoms. The zero-order chi connectivity index (χ0) is 19.1. The Morgan fingerprint density at radius 3 is 2.44 bits per heavy atom. The van der Waals surface area contributed by atoms with E-state index < -0.39 is 18.2 Å². The van der Waals surface area contributed by atoms with Crippen molar-refractivity contribution in [3.05, 3.63) is 70.7 Å². The van der Waals surface area contributed by atoms with E-state index in [4.69, 9.17) is 16.3 Å². The summed E-state index contributed by atoms with van der Waals surface area (Å²) in [4.78, 5) is 14.6. The standard InChI is InChI=1S/C21H25ClN2O3/c22-18-10-8-17(9-11-18)20(25)19(14-24-12-4-5-13-24)23-21(26)27-15-16-6-2-1-3-7-16/h1-3,6-11,19-20,25H,4-5,12-15H2,(H,23,26)/t19-,20-/m1/s1. The molecule has 0 saturated carbocycles. The van der Waals surface area contributed by atoms with Gasteiger partial charge >= 0.3 is 6.09 Å². The number of aliphatic hydroxyl groups is 1. The van der Waals surface area contributed by atoms with Gasteiger partial charge in [-0.3, -0.25) is 0 Å². The second-order valence-corrected chi connectivity index (χ2v) is 7.25. The number of amides is 1. The Morgan fingerprint density at radius 1 is 1.11 bits per heavy atom. The molecule has 0 aliphatic carbocycles. The van der Waals surface area contributed by atoms with Crippen LogP contribution in [0, 0.1) is 0 Å². The number of alkyl carbamates (subject to hydrolysis) is 1. The van der Waals surface area contributed by atoms with Crippen molar-refractivity contribution in [3.63, 3.8) is 0 Å². The van der Waals surface area contributed by atoms with Crippen molar-refractivity contribution in [1.29, 1.82) is 0 Å². The number of benzene rings is 2. The smallest absolute Gasteiger partial charge is 0.407 e. The molecule has 3 rings (SSSR count). The maximum absolute atomic E-state index is 12.3. The molecular weight excluding hydrogens is 364 g/mol. The zero-order valence-electron chi connectivity index (χ0n) is 15.2. The second kappa shape index (κ2) is 9.74. The van der Waals surface area contributed by atoms with Gasteiger partial charge in [0.2, 0.25) is 0 Å². The number of carbonyl (C=O) groups is 1. The predicted molar refractivity (Wildman–Crippen MR) is 106 cm³/mol. The highest BCUT2D eigenvalue weighted by molar-refractivity contribution is 6.30. The molecule has 1 amide bonds. The van der Waals surface area contributed by atoms with Gasteiger partial charge in [-0.2, -0.15) is 0 Å². The molecule has 2 N–H and O–H groups in total. The minimum atomic E-state index is -0.841. The molecule has 1 heterocycles. The van der Waals surface area contributed by atoms with Gasteiger partial charge in [0, 0.05) is 11.6 Å². The van der Waals surface area contributed by atoms with Crippen LogP contribution in [0.2, 0.25) is 5.02 Å². The summed E-state index contributed by atoms with van der Waals surface area (Å²) >= 11 is 5.94. The molecule has 144 valence electrons. The summed E-state index contributed by atoms with van der Waals surface area (Å²) in [6.45, 7) is 2.72. The van der Waals surface area contributed by atoms with Crippen molar-refractivity contribution < 1.29 is 14.6 Å². The van der Waals surface area contributed by atoms with Crippen LogP contribution in [0.3, 0.4) is 0 Å². The Morgan fingerprint density at radius 2 is 1.78 bits per heavy atom. The van der Waals surface area contributed by atoms with Crippen LogP contribution in [0.5, 0.6) is 0 Å². The monoisotopic (exact) mass is 388 g/mol. The van der Waals surface area contributed by atoms with Gasteiger partial charge in [-0.1, -0.05) is 54.1 Å². The van der Waals surface area contributed by atoms with E-state index in [-0.39, 0.29) is 6.61 Å². The fourth-order valence-electron chi connectivity index (χ4n) is 3.28. The summed E-state index contributed by atoms with van der Waals surface area (Å²) in [5.74, 6) is 0. The molecule has 2 aromatic carbocycles. The number of nitrogens with one attached hydrogen (secondary N) is 1. The molecule has 1 aliphatic rings. The van der Waals surface area contributed by atoms with Crippen LogP contribution in [0.4, 0.5) is 4.79 Å². The molecule has 1 aliphatic heterocycles. The zero-order valence-corrected chi connectivity index (χ0v) is 15.9. The van der Waals surface area contributed by atoms with Crippen LogP contribution >= 0.6 is 11.6 Å². The predicted octanol–water partition coefficient (Wildman–Crippen LogP) is 3.76. The molecule has 2 atom stereocenters. The number of ether oxygens (including phenoxy) is 1. The highest BCUT2D eigenvalue weighted by Crippen LogP contribution is 2.21. The topological polar surface area (TPSA) is 61.8 Å². The van der Waals surface area contributed by atoms with Gasteiger partial charge in [-0.15, -0.1) is 0 Å². The first-order valence-electron chi connectivity index (χ1n) is 9.25. The van der Waals surface area contributed by atoms with Crippen LogP contribution in [-0.2, 0) is 11.3 Å². The van der Waals surface area contributed by atoms with E-state index in [2.05, 4.69) is 10.2 Å². The third-order valence-electron chi connectivity index (χ3n) is 4.76. The second-order valence-electron chi connectivity index (χ2n) is 6.82. The SMILES string of the molecule is O=C(N[C@H](CN1CCCC1)[C@H](O)c1ccc(Cl)cc1)OCc1ccccc1. The minimum Gasteiger partial charge on any atom is -0.445 e. The van der Waals surface area contributed by atoms with Crippen molar-refractivity contribution in [2.75, 3.05) is 19.6 Å². The Labute approximate surface area is 164 Å². The van der Waals surface area contributed by atoms with E-state index in [1.54, 1.807) is 24.3 Å². The van der Waals surface area contributed by atoms with Crippen molar-refractivity contribution in [2.24, 2.45) is 0 Å². The highest BCUT2D eigenvalue weighted by atomic mass is 35.5. The Bertz CT molecular complexity index is 718. The van der Waals surface area contributed by atoms with Crippen LogP contribution in [-0.4, -0.2) is 41.8 Å². The van der Waals surface area contributed by atoms with Crippen molar-refractivity contribution in [2.45, 2.75) is 31.6 Å². The van der Waals surface area contributed by atoms with Crippen LogP contribution in [0.1, 0.15) is 30.1 Å². The molecule has 2 aromatic rings. The molecule has 6 heteroatoms. The first-order chi connectivity index (χ1) is 13.1. The number of carbonyl (C=O) groups excluding carboxylic acids is 1. The van der Waals surface area contributed by atoms with E-state index >= 15 is 0 Å². The minimum absolute atomic E-state index is 0.195. The maximum atomic E-state index is 12.3. The Kier molecular flexibility index (Phi) is 7.10. The maximum Gasteiger partial charge on any atom is 0.407 e. The number of aliphatic hydroxyl groups excluding tert-OH is 1. The number of hydrogen-bond donors (Lipinski definition) is 2. The fraction of sp³-hybridized carbons (Fsp3) is 0.381. The molecule has 0 spiro atoms. The average Bonchev–Trinajstić information content (AvgIpc) is 3.20. The van der Waals surface area contributed by atoms with E-state index in [0.29, 0.717) is 17.1 Å². The quantitative estimate of drug-likeness (QED) is 0.758. The number of likely N-dealkylation sites (tertiary alicyclic amines) is 1. The van der Waals surface area contributed by atoms with Crippen LogP contribution < -0.4 is 5.32 Å². The third-order valence-corrected chi connectivity index (χ3v) is 5.01. The number of nitrogens with zero attached hydrogens (tertiary/aromatic N) is 1. The van der Waals surface area contributed by atoms with E-state index in [0.717, 1.165) is 31.5 Å². The summed E-state index contributed by atoms with van der Waals surface area (Å²) in [6, 6.07) is 16.1. The molecular formula is C21H25ClN2O3. The summed E-state index contributed by atoms with van der Waals surface area (Å²) in [7, 11) is 0. The Hall–Kier alpha value is -2.08. The van der Waals surface area contributed by atoms with E-state index in [9.17, 15) is 9.90 Å². The highest BCUT2D eigenvalue weighted by Gasteiger charge is 2.27. The van der Waals surface area contributed by atoms with Gasteiger partial charge in [0.15, 0.2) is 0 Å². The first kappa shape index (κ1) is 19.7. The first-order valence-corrected chi connectivity index (χ1v) is 9.63. The molecule has 1 fully saturated rings. The van der Waals surface area contributed by atoms with Gasteiger partial charge in [0.05, 0.1) is 6.04 Å². The lowest BCUT2D eigenvalue weighted by Gasteiger charge is -2.28. The number of hydrogen-bond acceptors (Lipinski definition) is 4. The van der Waals surface area contributed by atoms with Gasteiger partial charge in [-0.25, -0.2) is 4.79 Å². The van der Waals surface area contributed by atoms with Gasteiger partial charge in [0.1, 0.15) is 12.7 Å². The summed E-state index contributed by atoms with van der Waals surface area (Å²) in [5.41, 5.74) is 1.63. The third kappa shape index (κ3) is 5.96. The van der Waals surface area contributed by atoms with Crippen LogP contribution in [0.15, 0.2) is 54.6 Å². The molecule has 0 radical (unpaired) electrons. The Balaban J connectivity index is 1.63. The van der Waals surface area contributed by atoms with E-state index in [1.807, 2.05) is 30.3 Å². The van der Waals surface area contributed by atoms with Crippen molar-refractivity contribution in [1.82, 2.24) is 10.2 Å². The van der Waals surface area contributed by atoms with Gasteiger partial charge in [-0.05, 0) is 49.2 Å². The lowest BCUT2D eigenvalue weighted by molar-refractivity contribution is 0.0882. The van der Waals surface area contributed by atoms with Crippen molar-refractivity contribution in [3.8, 4) is 0 Å².